The molecule has 1 fully saturated rings. The molecule has 0 radical (unpaired) electrons. The molecule has 22 heavy (non-hydrogen) atoms. The van der Waals surface area contributed by atoms with Crippen molar-refractivity contribution in [2.75, 3.05) is 39.9 Å². The molecule has 1 atom stereocenters. The topological polar surface area (TPSA) is 41.7 Å². The number of methoxy groups -OCH3 is 1. The first-order valence-electron chi connectivity index (χ1n) is 8.10. The Morgan fingerprint density at radius 1 is 1.32 bits per heavy atom. The van der Waals surface area contributed by atoms with E-state index in [-0.39, 0.29) is 0 Å². The summed E-state index contributed by atoms with van der Waals surface area (Å²) in [6, 6.07) is 8.55. The molecule has 120 valence electrons. The Labute approximate surface area is 131 Å². The third-order valence-electron chi connectivity index (χ3n) is 4.44. The van der Waals surface area contributed by atoms with Crippen LogP contribution >= 0.6 is 0 Å². The minimum Gasteiger partial charge on any atom is -0.439 e. The fraction of sp³-hybridized carbons (Fsp3) is 0.588. The smallest absolute Gasteiger partial charge is 0.209 e. The zero-order valence-corrected chi connectivity index (χ0v) is 13.5. The summed E-state index contributed by atoms with van der Waals surface area (Å²) in [4.78, 5) is 9.56. The predicted octanol–water partition coefficient (Wildman–Crippen LogP) is 2.37. The molecule has 0 spiro atoms. The molecule has 0 aliphatic carbocycles. The average molecular weight is 303 g/mol. The third-order valence-corrected chi connectivity index (χ3v) is 4.44. The lowest BCUT2D eigenvalue weighted by molar-refractivity contribution is 0.0433. The zero-order chi connectivity index (χ0) is 15.4. The van der Waals surface area contributed by atoms with Crippen LogP contribution in [0.3, 0.4) is 0 Å². The number of benzene rings is 1. The summed E-state index contributed by atoms with van der Waals surface area (Å²) in [7, 11) is 1.77. The van der Waals surface area contributed by atoms with Crippen LogP contribution in [-0.4, -0.2) is 60.7 Å². The van der Waals surface area contributed by atoms with Crippen LogP contribution in [0, 0.1) is 0 Å². The van der Waals surface area contributed by atoms with Crippen LogP contribution in [0.15, 0.2) is 28.7 Å². The van der Waals surface area contributed by atoms with E-state index in [2.05, 4.69) is 21.7 Å². The Hall–Kier alpha value is -1.43. The second kappa shape index (κ2) is 7.22. The molecular weight excluding hydrogens is 278 g/mol. The van der Waals surface area contributed by atoms with E-state index in [1.165, 1.54) is 0 Å². The van der Waals surface area contributed by atoms with Crippen LogP contribution < -0.4 is 0 Å². The molecule has 0 saturated carbocycles. The van der Waals surface area contributed by atoms with Crippen LogP contribution in [0.5, 0.6) is 0 Å². The number of hydrogen-bond acceptors (Lipinski definition) is 5. The van der Waals surface area contributed by atoms with Crippen LogP contribution in [0.4, 0.5) is 0 Å². The first-order chi connectivity index (χ1) is 10.8. The molecule has 1 aliphatic rings. The van der Waals surface area contributed by atoms with Gasteiger partial charge in [-0.15, -0.1) is 0 Å². The molecule has 0 bridgehead atoms. The van der Waals surface area contributed by atoms with Crippen LogP contribution in [0.2, 0.25) is 0 Å². The SMILES string of the molecule is CC[C@H]1CN(Cc2nc3ccccc3o2)CCN1CCOC. The Bertz CT molecular complexity index is 565. The van der Waals surface area contributed by atoms with E-state index in [0.717, 1.165) is 62.7 Å². The van der Waals surface area contributed by atoms with Gasteiger partial charge >= 0.3 is 0 Å². The fourth-order valence-electron chi connectivity index (χ4n) is 3.17. The Morgan fingerprint density at radius 3 is 2.95 bits per heavy atom. The number of rotatable bonds is 6. The zero-order valence-electron chi connectivity index (χ0n) is 13.5. The van der Waals surface area contributed by atoms with Crippen LogP contribution in [-0.2, 0) is 11.3 Å². The quantitative estimate of drug-likeness (QED) is 0.819. The maximum atomic E-state index is 5.85. The molecule has 0 N–H and O–H groups in total. The average Bonchev–Trinajstić information content (AvgIpc) is 2.95. The van der Waals surface area contributed by atoms with E-state index >= 15 is 0 Å². The fourth-order valence-corrected chi connectivity index (χ4v) is 3.17. The number of piperazine rings is 1. The predicted molar refractivity (Wildman–Crippen MR) is 86.8 cm³/mol. The van der Waals surface area contributed by atoms with Crippen molar-refractivity contribution in [2.45, 2.75) is 25.9 Å². The number of nitrogens with zero attached hydrogens (tertiary/aromatic N) is 3. The van der Waals surface area contributed by atoms with Crippen molar-refractivity contribution < 1.29 is 9.15 Å². The van der Waals surface area contributed by atoms with E-state index in [0.29, 0.717) is 6.04 Å². The molecule has 2 heterocycles. The Balaban J connectivity index is 1.61. The van der Waals surface area contributed by atoms with Gasteiger partial charge in [0.15, 0.2) is 5.58 Å². The van der Waals surface area contributed by atoms with Gasteiger partial charge in [0.25, 0.3) is 0 Å². The van der Waals surface area contributed by atoms with Crippen LogP contribution in [0.1, 0.15) is 19.2 Å². The number of ether oxygens (including phenoxy) is 1. The largest absolute Gasteiger partial charge is 0.439 e. The van der Waals surface area contributed by atoms with E-state index in [1.807, 2.05) is 24.3 Å². The van der Waals surface area contributed by atoms with Gasteiger partial charge < -0.3 is 9.15 Å². The minimum atomic E-state index is 0.591. The highest BCUT2D eigenvalue weighted by atomic mass is 16.5. The number of hydrogen-bond donors (Lipinski definition) is 0. The van der Waals surface area contributed by atoms with Gasteiger partial charge in [0.05, 0.1) is 13.2 Å². The van der Waals surface area contributed by atoms with Crippen molar-refractivity contribution in [1.82, 2.24) is 14.8 Å². The maximum absolute atomic E-state index is 5.85. The van der Waals surface area contributed by atoms with Gasteiger partial charge in [-0.2, -0.15) is 0 Å². The summed E-state index contributed by atoms with van der Waals surface area (Å²) in [5, 5.41) is 0. The normalized spacial score (nSPS) is 20.7. The van der Waals surface area contributed by atoms with E-state index in [9.17, 15) is 0 Å². The highest BCUT2D eigenvalue weighted by molar-refractivity contribution is 5.72. The van der Waals surface area contributed by atoms with Gasteiger partial charge in [-0.3, -0.25) is 9.80 Å². The number of para-hydroxylation sites is 2. The summed E-state index contributed by atoms with van der Waals surface area (Å²) in [5.41, 5.74) is 1.83. The second-order valence-corrected chi connectivity index (χ2v) is 5.90. The molecule has 1 aromatic heterocycles. The highest BCUT2D eigenvalue weighted by Gasteiger charge is 2.26. The van der Waals surface area contributed by atoms with Crippen molar-refractivity contribution in [2.24, 2.45) is 0 Å². The van der Waals surface area contributed by atoms with Gasteiger partial charge in [-0.05, 0) is 18.6 Å². The lowest BCUT2D eigenvalue weighted by Crippen LogP contribution is -2.53. The monoisotopic (exact) mass is 303 g/mol. The van der Waals surface area contributed by atoms with Crippen molar-refractivity contribution in [3.8, 4) is 0 Å². The third kappa shape index (κ3) is 3.48. The summed E-state index contributed by atoms with van der Waals surface area (Å²) in [6.07, 6.45) is 1.16. The molecule has 5 nitrogen and oxygen atoms in total. The minimum absolute atomic E-state index is 0.591. The van der Waals surface area contributed by atoms with Crippen molar-refractivity contribution in [3.05, 3.63) is 30.2 Å². The molecule has 1 aromatic carbocycles. The molecule has 5 heteroatoms. The molecule has 2 aromatic rings. The van der Waals surface area contributed by atoms with Gasteiger partial charge in [-0.25, -0.2) is 4.98 Å². The number of oxazole rings is 1. The van der Waals surface area contributed by atoms with Crippen LogP contribution in [0.25, 0.3) is 11.1 Å². The molecule has 0 amide bonds. The summed E-state index contributed by atoms with van der Waals surface area (Å²) in [5.74, 6) is 0.821. The van der Waals surface area contributed by atoms with Gasteiger partial charge in [-0.1, -0.05) is 19.1 Å². The van der Waals surface area contributed by atoms with E-state index in [4.69, 9.17) is 9.15 Å². The Morgan fingerprint density at radius 2 is 2.18 bits per heavy atom. The Kier molecular flexibility index (Phi) is 5.08. The lowest BCUT2D eigenvalue weighted by atomic mass is 10.1. The van der Waals surface area contributed by atoms with Gasteiger partial charge in [0.2, 0.25) is 5.89 Å². The van der Waals surface area contributed by atoms with Crippen molar-refractivity contribution in [3.63, 3.8) is 0 Å². The summed E-state index contributed by atoms with van der Waals surface area (Å²) < 4.78 is 11.1. The summed E-state index contributed by atoms with van der Waals surface area (Å²) >= 11 is 0. The summed E-state index contributed by atoms with van der Waals surface area (Å²) in [6.45, 7) is 8.09. The standard InChI is InChI=1S/C17H25N3O2/c1-3-14-12-19(8-9-20(14)10-11-21-2)13-17-18-15-6-4-5-7-16(15)22-17/h4-7,14H,3,8-13H2,1-2H3/t14-/m0/s1. The maximum Gasteiger partial charge on any atom is 0.209 e. The molecule has 1 saturated heterocycles. The van der Waals surface area contributed by atoms with Gasteiger partial charge in [0.1, 0.15) is 5.52 Å². The lowest BCUT2D eigenvalue weighted by Gasteiger charge is -2.40. The molecule has 1 aliphatic heterocycles. The van der Waals surface area contributed by atoms with Crippen molar-refractivity contribution in [1.29, 1.82) is 0 Å². The van der Waals surface area contributed by atoms with E-state index < -0.39 is 0 Å². The first kappa shape index (κ1) is 15.5. The second-order valence-electron chi connectivity index (χ2n) is 5.90. The molecular formula is C17H25N3O2. The number of fused-ring (bicyclic) bond motifs is 1. The first-order valence-corrected chi connectivity index (χ1v) is 8.10. The van der Waals surface area contributed by atoms with Gasteiger partial charge in [0, 0.05) is 39.3 Å². The highest BCUT2D eigenvalue weighted by Crippen LogP contribution is 2.18. The number of aromatic nitrogens is 1. The van der Waals surface area contributed by atoms with Crippen molar-refractivity contribution >= 4 is 11.1 Å². The molecule has 0 unspecified atom stereocenters. The van der Waals surface area contributed by atoms with E-state index in [1.54, 1.807) is 7.11 Å². The molecule has 3 rings (SSSR count).